The van der Waals surface area contributed by atoms with Crippen LogP contribution in [0.2, 0.25) is 0 Å². The zero-order valence-corrected chi connectivity index (χ0v) is 15.7. The highest BCUT2D eigenvalue weighted by molar-refractivity contribution is 5.94. The van der Waals surface area contributed by atoms with Gasteiger partial charge in [-0.1, -0.05) is 35.5 Å². The van der Waals surface area contributed by atoms with Gasteiger partial charge in [0, 0.05) is 17.7 Å². The first-order valence-corrected chi connectivity index (χ1v) is 9.02. The van der Waals surface area contributed by atoms with Crippen molar-refractivity contribution in [1.82, 2.24) is 20.3 Å². The maximum absolute atomic E-state index is 12.6. The number of para-hydroxylation sites is 1. The summed E-state index contributed by atoms with van der Waals surface area (Å²) in [7, 11) is 1.59. The predicted octanol–water partition coefficient (Wildman–Crippen LogP) is 2.72. The number of nitrogens with zero attached hydrogens (tertiary/aromatic N) is 3. The summed E-state index contributed by atoms with van der Waals surface area (Å²) in [6.45, 7) is 0.347. The Balaban J connectivity index is 1.53. The summed E-state index contributed by atoms with van der Waals surface area (Å²) in [6.07, 6.45) is 0. The molecular weight excluding hydrogens is 368 g/mol. The largest absolute Gasteiger partial charge is 0.496 e. The van der Waals surface area contributed by atoms with Crippen LogP contribution in [0.4, 0.5) is 0 Å². The zero-order chi connectivity index (χ0) is 20.2. The number of hydrogen-bond donors (Lipinski definition) is 1. The van der Waals surface area contributed by atoms with Crippen LogP contribution in [-0.2, 0) is 6.54 Å². The number of rotatable bonds is 5. The monoisotopic (exact) mass is 386 g/mol. The highest BCUT2D eigenvalue weighted by atomic mass is 16.5. The van der Waals surface area contributed by atoms with Crippen molar-refractivity contribution in [3.8, 4) is 11.4 Å². The topological polar surface area (TPSA) is 86.1 Å². The molecule has 0 radical (unpaired) electrons. The first-order valence-electron chi connectivity index (χ1n) is 9.02. The second-order valence-corrected chi connectivity index (χ2v) is 6.36. The highest BCUT2D eigenvalue weighted by Gasteiger charge is 2.10. The molecule has 0 saturated carbocycles. The quantitative estimate of drug-likeness (QED) is 0.570. The zero-order valence-electron chi connectivity index (χ0n) is 15.7. The van der Waals surface area contributed by atoms with Gasteiger partial charge >= 0.3 is 0 Å². The van der Waals surface area contributed by atoms with E-state index in [4.69, 9.17) is 4.74 Å². The van der Waals surface area contributed by atoms with Crippen LogP contribution >= 0.6 is 0 Å². The minimum absolute atomic E-state index is 0.223. The van der Waals surface area contributed by atoms with Crippen molar-refractivity contribution in [1.29, 1.82) is 0 Å². The molecule has 0 aliphatic rings. The second kappa shape index (κ2) is 7.93. The van der Waals surface area contributed by atoms with Crippen LogP contribution in [0.1, 0.15) is 15.9 Å². The Morgan fingerprint density at radius 3 is 2.52 bits per heavy atom. The van der Waals surface area contributed by atoms with Crippen molar-refractivity contribution in [2.45, 2.75) is 6.54 Å². The molecule has 4 aromatic rings. The van der Waals surface area contributed by atoms with Crippen molar-refractivity contribution < 1.29 is 9.53 Å². The van der Waals surface area contributed by atoms with Crippen LogP contribution in [0.15, 0.2) is 77.6 Å². The van der Waals surface area contributed by atoms with Crippen molar-refractivity contribution in [3.05, 3.63) is 94.3 Å². The number of carbonyl (C=O) groups is 1. The lowest BCUT2D eigenvalue weighted by atomic mass is 10.1. The van der Waals surface area contributed by atoms with Gasteiger partial charge in [-0.2, -0.15) is 4.68 Å². The summed E-state index contributed by atoms with van der Waals surface area (Å²) in [6, 6.07) is 21.2. The van der Waals surface area contributed by atoms with Crippen LogP contribution in [0.25, 0.3) is 16.6 Å². The van der Waals surface area contributed by atoms with Crippen molar-refractivity contribution in [3.63, 3.8) is 0 Å². The summed E-state index contributed by atoms with van der Waals surface area (Å²) in [5, 5.41) is 11.4. The standard InChI is InChI=1S/C22H18N4O3/c1-29-20-9-5-2-6-16(20)14-23-21(27)15-10-12-17(13-11-15)26-22(28)18-7-3-4-8-19(18)24-25-26/h2-13H,14H2,1H3,(H,23,27). The fraction of sp³-hybridized carbons (Fsp3) is 0.0909. The second-order valence-electron chi connectivity index (χ2n) is 6.36. The van der Waals surface area contributed by atoms with Crippen LogP contribution < -0.4 is 15.6 Å². The van der Waals surface area contributed by atoms with Gasteiger partial charge in [-0.25, -0.2) is 0 Å². The lowest BCUT2D eigenvalue weighted by molar-refractivity contribution is 0.0950. The molecule has 0 atom stereocenters. The molecule has 0 spiro atoms. The maximum atomic E-state index is 12.6. The van der Waals surface area contributed by atoms with E-state index in [-0.39, 0.29) is 11.5 Å². The minimum Gasteiger partial charge on any atom is -0.496 e. The van der Waals surface area contributed by atoms with Gasteiger partial charge in [0.05, 0.1) is 18.2 Å². The average molecular weight is 386 g/mol. The van der Waals surface area contributed by atoms with Crippen LogP contribution in [-0.4, -0.2) is 28.0 Å². The number of benzene rings is 3. The molecule has 0 saturated heterocycles. The molecule has 1 heterocycles. The molecule has 0 bridgehead atoms. The molecule has 1 N–H and O–H groups in total. The van der Waals surface area contributed by atoms with Crippen molar-refractivity contribution >= 4 is 16.8 Å². The first-order chi connectivity index (χ1) is 14.2. The molecule has 29 heavy (non-hydrogen) atoms. The van der Waals surface area contributed by atoms with E-state index in [1.165, 1.54) is 4.68 Å². The Bertz CT molecular complexity index is 1230. The first kappa shape index (κ1) is 18.4. The molecule has 0 aliphatic carbocycles. The number of amides is 1. The van der Waals surface area contributed by atoms with Gasteiger partial charge in [-0.15, -0.1) is 5.10 Å². The summed E-state index contributed by atoms with van der Waals surface area (Å²) >= 11 is 0. The van der Waals surface area contributed by atoms with Gasteiger partial charge < -0.3 is 10.1 Å². The number of fused-ring (bicyclic) bond motifs is 1. The molecule has 1 aromatic heterocycles. The summed E-state index contributed by atoms with van der Waals surface area (Å²) in [5.74, 6) is 0.497. The lowest BCUT2D eigenvalue weighted by Gasteiger charge is -2.10. The fourth-order valence-corrected chi connectivity index (χ4v) is 3.04. The van der Waals surface area contributed by atoms with E-state index < -0.39 is 0 Å². The SMILES string of the molecule is COc1ccccc1CNC(=O)c1ccc(-n2nnc3ccccc3c2=O)cc1. The number of hydrogen-bond acceptors (Lipinski definition) is 5. The van der Waals surface area contributed by atoms with Crippen LogP contribution in [0.3, 0.4) is 0 Å². The normalized spacial score (nSPS) is 10.7. The van der Waals surface area contributed by atoms with E-state index in [9.17, 15) is 9.59 Å². The summed E-state index contributed by atoms with van der Waals surface area (Å²) in [4.78, 5) is 25.1. The highest BCUT2D eigenvalue weighted by Crippen LogP contribution is 2.17. The van der Waals surface area contributed by atoms with E-state index in [1.807, 2.05) is 24.3 Å². The third-order valence-corrected chi connectivity index (χ3v) is 4.57. The molecule has 0 aliphatic heterocycles. The Labute approximate surface area is 166 Å². The molecule has 4 rings (SSSR count). The Hall–Kier alpha value is -4.00. The van der Waals surface area contributed by atoms with Crippen LogP contribution in [0.5, 0.6) is 5.75 Å². The number of carbonyl (C=O) groups excluding carboxylic acids is 1. The van der Waals surface area contributed by atoms with Gasteiger partial charge in [0.25, 0.3) is 11.5 Å². The molecule has 1 amide bonds. The molecule has 0 fully saturated rings. The lowest BCUT2D eigenvalue weighted by Crippen LogP contribution is -2.24. The number of nitrogens with one attached hydrogen (secondary N) is 1. The number of ether oxygens (including phenoxy) is 1. The Kier molecular flexibility index (Phi) is 5.03. The van der Waals surface area contributed by atoms with E-state index in [1.54, 1.807) is 55.6 Å². The average Bonchev–Trinajstić information content (AvgIpc) is 2.78. The van der Waals surface area contributed by atoms with Gasteiger partial charge in [0.2, 0.25) is 0 Å². The van der Waals surface area contributed by atoms with Gasteiger partial charge in [-0.3, -0.25) is 9.59 Å². The van der Waals surface area contributed by atoms with E-state index in [2.05, 4.69) is 15.6 Å². The van der Waals surface area contributed by atoms with Gasteiger partial charge in [0.1, 0.15) is 11.3 Å². The van der Waals surface area contributed by atoms with Crippen LogP contribution in [0, 0.1) is 0 Å². The van der Waals surface area contributed by atoms with Crippen molar-refractivity contribution in [2.24, 2.45) is 0 Å². The Morgan fingerprint density at radius 2 is 1.72 bits per heavy atom. The van der Waals surface area contributed by atoms with Crippen molar-refractivity contribution in [2.75, 3.05) is 7.11 Å². The predicted molar refractivity (Wildman–Crippen MR) is 109 cm³/mol. The Morgan fingerprint density at radius 1 is 1.00 bits per heavy atom. The van der Waals surface area contributed by atoms with E-state index in [0.717, 1.165) is 11.3 Å². The van der Waals surface area contributed by atoms with Gasteiger partial charge in [0.15, 0.2) is 0 Å². The molecule has 7 nitrogen and oxygen atoms in total. The third-order valence-electron chi connectivity index (χ3n) is 4.57. The molecule has 3 aromatic carbocycles. The molecular formula is C22H18N4O3. The fourth-order valence-electron chi connectivity index (χ4n) is 3.04. The summed E-state index contributed by atoms with van der Waals surface area (Å²) in [5.41, 5.74) is 2.18. The summed E-state index contributed by atoms with van der Waals surface area (Å²) < 4.78 is 6.51. The maximum Gasteiger partial charge on any atom is 0.282 e. The number of methoxy groups -OCH3 is 1. The molecule has 144 valence electrons. The van der Waals surface area contributed by atoms with E-state index in [0.29, 0.717) is 28.7 Å². The van der Waals surface area contributed by atoms with E-state index >= 15 is 0 Å². The number of aromatic nitrogens is 3. The molecule has 0 unspecified atom stereocenters. The van der Waals surface area contributed by atoms with Gasteiger partial charge in [-0.05, 0) is 42.5 Å². The molecule has 7 heteroatoms. The smallest absolute Gasteiger partial charge is 0.282 e. The third kappa shape index (κ3) is 3.70. The minimum atomic E-state index is -0.260.